The topological polar surface area (TPSA) is 52.0 Å². The lowest BCUT2D eigenvalue weighted by Gasteiger charge is -1.93. The Hall–Kier alpha value is -0.123. The molecule has 0 aromatic rings. The van der Waals surface area contributed by atoms with Crippen molar-refractivity contribution in [1.29, 1.82) is 0 Å². The third kappa shape index (κ3) is 3.88. The van der Waals surface area contributed by atoms with Gasteiger partial charge >= 0.3 is 0 Å². The van der Waals surface area contributed by atoms with E-state index in [9.17, 15) is 0 Å². The molecule has 4 N–H and O–H groups in total. The van der Waals surface area contributed by atoms with Crippen molar-refractivity contribution in [2.75, 3.05) is 0 Å². The zero-order chi connectivity index (χ0) is 4.99. The molecule has 36 valence electrons. The molecule has 0 radical (unpaired) electrons. The van der Waals surface area contributed by atoms with Gasteiger partial charge in [-0.2, -0.15) is 0 Å². The summed E-state index contributed by atoms with van der Waals surface area (Å²) in [5, 5.41) is 0. The summed E-state index contributed by atoms with van der Waals surface area (Å²) in [4.78, 5) is 0. The molecule has 0 rings (SSSR count). The van der Waals surface area contributed by atoms with Gasteiger partial charge < -0.3 is 11.5 Å². The summed E-state index contributed by atoms with van der Waals surface area (Å²) in [6.45, 7) is 3.50. The van der Waals surface area contributed by atoms with E-state index in [0.29, 0.717) is 0 Å². The molecule has 0 saturated carbocycles. The van der Waals surface area contributed by atoms with Crippen molar-refractivity contribution in [1.82, 2.24) is 0 Å². The molecule has 3 heteroatoms. The molecule has 0 bridgehead atoms. The predicted molar refractivity (Wildman–Crippen MR) is 30.9 cm³/mol. The van der Waals surface area contributed by atoms with Gasteiger partial charge in [0.2, 0.25) is 0 Å². The van der Waals surface area contributed by atoms with Crippen LogP contribution in [0.15, 0.2) is 12.3 Å². The Morgan fingerprint density at radius 3 is 2.17 bits per heavy atom. The minimum absolute atomic E-state index is 0.0810. The third-order valence-electron chi connectivity index (χ3n) is 0.439. The van der Waals surface area contributed by atoms with Crippen molar-refractivity contribution < 1.29 is 0 Å². The van der Waals surface area contributed by atoms with E-state index in [-0.39, 0.29) is 15.3 Å². The molecule has 2 nitrogen and oxygen atoms in total. The summed E-state index contributed by atoms with van der Waals surface area (Å²) in [7, 11) is -0.324. The van der Waals surface area contributed by atoms with Crippen LogP contribution >= 0.6 is 0 Å². The first-order valence-electron chi connectivity index (χ1n) is 1.89. The van der Waals surface area contributed by atoms with Gasteiger partial charge in [0.25, 0.3) is 0 Å². The lowest BCUT2D eigenvalue weighted by molar-refractivity contribution is 0.964. The molecule has 0 amide bonds. The molecular weight excluding hydrogens is 92.1 g/mol. The number of rotatable bonds is 2. The summed E-state index contributed by atoms with van der Waals surface area (Å²) in [6.07, 6.45) is 0. The maximum absolute atomic E-state index is 5.17. The zero-order valence-corrected chi connectivity index (χ0v) is 5.14. The van der Waals surface area contributed by atoms with Crippen LogP contribution in [-0.2, 0) is 0 Å². The maximum Gasteiger partial charge on any atom is 0.0812 e. The second kappa shape index (κ2) is 3.08. The lowest BCUT2D eigenvalue weighted by atomic mass is 11.2. The number of nitrogens with two attached hydrogens (primary N) is 2. The molecule has 0 atom stereocenters. The van der Waals surface area contributed by atoms with Crippen LogP contribution in [0.2, 0.25) is 0 Å². The fourth-order valence-corrected chi connectivity index (χ4v) is 0.577. The van der Waals surface area contributed by atoms with Crippen LogP contribution in [0.5, 0.6) is 0 Å². The van der Waals surface area contributed by atoms with Gasteiger partial charge in [0.15, 0.2) is 0 Å². The molecule has 0 aliphatic carbocycles. The minimum Gasteiger partial charge on any atom is -0.319 e. The van der Waals surface area contributed by atoms with E-state index in [4.69, 9.17) is 11.5 Å². The second-order valence-corrected chi connectivity index (χ2v) is 3.18. The Labute approximate surface area is 40.0 Å². The number of hydrogen-bond acceptors (Lipinski definition) is 2. The lowest BCUT2D eigenvalue weighted by Crippen LogP contribution is -2.35. The van der Waals surface area contributed by atoms with Crippen molar-refractivity contribution in [3.05, 3.63) is 12.3 Å². The van der Waals surface area contributed by atoms with Crippen LogP contribution < -0.4 is 11.5 Å². The van der Waals surface area contributed by atoms with E-state index < -0.39 is 0 Å². The summed E-state index contributed by atoms with van der Waals surface area (Å²) < 4.78 is 0. The van der Waals surface area contributed by atoms with Gasteiger partial charge in [-0.05, 0) is 0 Å². The van der Waals surface area contributed by atoms with Crippen LogP contribution in [0, 0.1) is 0 Å². The van der Waals surface area contributed by atoms with Crippen molar-refractivity contribution >= 4 is 9.52 Å². The van der Waals surface area contributed by atoms with Crippen LogP contribution in [0.4, 0.5) is 0 Å². The Balaban J connectivity index is 2.81. The first-order valence-corrected chi connectivity index (χ1v) is 3.52. The monoisotopic (exact) mass is 102 g/mol. The van der Waals surface area contributed by atoms with E-state index in [1.807, 2.05) is 5.70 Å². The average molecular weight is 102 g/mol. The summed E-state index contributed by atoms with van der Waals surface area (Å²) >= 11 is 0. The first-order chi connectivity index (χ1) is 2.77. The van der Waals surface area contributed by atoms with E-state index in [1.54, 1.807) is 0 Å². The predicted octanol–water partition coefficient (Wildman–Crippen LogP) is -1.50. The molecule has 0 heterocycles. The standard InChI is InChI=1S/C3H10N2Si/c1-2-6-3(4)5/h2-3H,1,4-6H2. The first kappa shape index (κ1) is 5.88. The highest BCUT2D eigenvalue weighted by Crippen LogP contribution is 1.57. The Morgan fingerprint density at radius 1 is 1.67 bits per heavy atom. The normalized spacial score (nSPS) is 11.2. The van der Waals surface area contributed by atoms with Gasteiger partial charge in [-0.25, -0.2) is 0 Å². The van der Waals surface area contributed by atoms with Crippen LogP contribution in [0.1, 0.15) is 0 Å². The molecule has 0 fully saturated rings. The third-order valence-corrected chi connectivity index (χ3v) is 1.32. The van der Waals surface area contributed by atoms with E-state index in [2.05, 4.69) is 6.58 Å². The SMILES string of the molecule is C=C[SiH2]C(N)N. The highest BCUT2D eigenvalue weighted by Gasteiger charge is 1.84. The van der Waals surface area contributed by atoms with Crippen LogP contribution in [0.3, 0.4) is 0 Å². The smallest absolute Gasteiger partial charge is 0.0812 e. The summed E-state index contributed by atoms with van der Waals surface area (Å²) in [5.41, 5.74) is 12.2. The van der Waals surface area contributed by atoms with Gasteiger partial charge in [-0.1, -0.05) is 0 Å². The van der Waals surface area contributed by atoms with Crippen molar-refractivity contribution in [3.63, 3.8) is 0 Å². The Morgan fingerprint density at radius 2 is 2.17 bits per heavy atom. The zero-order valence-electron chi connectivity index (χ0n) is 3.72. The fraction of sp³-hybridized carbons (Fsp3) is 0.333. The summed E-state index contributed by atoms with van der Waals surface area (Å²) in [6, 6.07) is 0. The van der Waals surface area contributed by atoms with Crippen molar-refractivity contribution in [2.45, 2.75) is 5.79 Å². The fourth-order valence-electron chi connectivity index (χ4n) is 0.192. The van der Waals surface area contributed by atoms with E-state index in [1.165, 1.54) is 0 Å². The molecule has 0 aromatic heterocycles. The van der Waals surface area contributed by atoms with E-state index >= 15 is 0 Å². The van der Waals surface area contributed by atoms with Gasteiger partial charge in [0, 0.05) is 5.79 Å². The molecular formula is C3H10N2Si. The number of hydrogen-bond donors (Lipinski definition) is 2. The minimum atomic E-state index is -0.324. The molecule has 6 heavy (non-hydrogen) atoms. The molecule has 0 aliphatic heterocycles. The molecule has 0 saturated heterocycles. The average Bonchev–Trinajstić information content (AvgIpc) is 1.35. The highest BCUT2D eigenvalue weighted by molar-refractivity contribution is 6.43. The van der Waals surface area contributed by atoms with Gasteiger partial charge in [-0.3, -0.25) is 0 Å². The molecule has 0 spiro atoms. The molecule has 0 unspecified atom stereocenters. The van der Waals surface area contributed by atoms with E-state index in [0.717, 1.165) is 0 Å². The van der Waals surface area contributed by atoms with Gasteiger partial charge in [0.1, 0.15) is 0 Å². The van der Waals surface area contributed by atoms with Crippen molar-refractivity contribution in [2.24, 2.45) is 11.5 Å². The van der Waals surface area contributed by atoms with Gasteiger partial charge in [-0.15, -0.1) is 12.3 Å². The van der Waals surface area contributed by atoms with Crippen LogP contribution in [0.25, 0.3) is 0 Å². The Bertz CT molecular complexity index is 44.1. The van der Waals surface area contributed by atoms with Gasteiger partial charge in [0.05, 0.1) is 9.52 Å². The Kier molecular flexibility index (Phi) is 3.02. The maximum atomic E-state index is 5.17. The quantitative estimate of drug-likeness (QED) is 0.329. The summed E-state index contributed by atoms with van der Waals surface area (Å²) in [5.74, 6) is -0.0810. The van der Waals surface area contributed by atoms with Crippen molar-refractivity contribution in [3.8, 4) is 0 Å². The molecule has 0 aromatic carbocycles. The second-order valence-electron chi connectivity index (χ2n) is 1.19. The molecule has 0 aliphatic rings. The highest BCUT2D eigenvalue weighted by atomic mass is 28.2. The largest absolute Gasteiger partial charge is 0.319 e. The van der Waals surface area contributed by atoms with Crippen LogP contribution in [-0.4, -0.2) is 15.3 Å².